The van der Waals surface area contributed by atoms with Gasteiger partial charge in [-0.2, -0.15) is 4.57 Å². The van der Waals surface area contributed by atoms with E-state index in [2.05, 4.69) is 15.5 Å². The molecule has 4 N–H and O–H groups in total. The number of carbonyl (C=O) groups is 3. The number of carboxylic acid groups (broad SMARTS) is 1. The lowest BCUT2D eigenvalue weighted by Gasteiger charge is -2.49. The number of hydrogen-bond acceptors (Lipinski definition) is 10. The van der Waals surface area contributed by atoms with Gasteiger partial charge in [-0.1, -0.05) is 16.9 Å². The zero-order valence-electron chi connectivity index (χ0n) is 18.1. The van der Waals surface area contributed by atoms with Crippen molar-refractivity contribution in [2.45, 2.75) is 16.4 Å². The summed E-state index contributed by atoms with van der Waals surface area (Å²) in [7, 11) is 3.20. The number of fused-ring (bicyclic) bond motifs is 1. The Hall–Kier alpha value is -3.10. The number of oxime groups is 1. The van der Waals surface area contributed by atoms with Gasteiger partial charge in [0.1, 0.15) is 37.0 Å². The van der Waals surface area contributed by atoms with Gasteiger partial charge in [0.05, 0.1) is 0 Å². The van der Waals surface area contributed by atoms with E-state index in [9.17, 15) is 19.5 Å². The second-order valence-corrected chi connectivity index (χ2v) is 10.2. The number of carbonyl (C=O) groups excluding carboxylic acids is 2. The van der Waals surface area contributed by atoms with Gasteiger partial charge in [0, 0.05) is 29.0 Å². The Labute approximate surface area is 207 Å². The highest BCUT2D eigenvalue weighted by molar-refractivity contribution is 8.01. The Morgan fingerprint density at radius 3 is 2.91 bits per heavy atom. The summed E-state index contributed by atoms with van der Waals surface area (Å²) in [5.74, 6) is -1.48. The topological polar surface area (TPSA) is 151 Å². The van der Waals surface area contributed by atoms with E-state index in [1.165, 1.54) is 35.5 Å². The molecule has 2 aromatic rings. The molecule has 11 nitrogen and oxygen atoms in total. The molecule has 1 saturated heterocycles. The van der Waals surface area contributed by atoms with Crippen LogP contribution in [0, 0.1) is 0 Å². The zero-order valence-corrected chi connectivity index (χ0v) is 20.6. The number of pyridine rings is 1. The number of nitrogen functional groups attached to an aromatic ring is 1. The van der Waals surface area contributed by atoms with Gasteiger partial charge in [0.25, 0.3) is 11.8 Å². The van der Waals surface area contributed by atoms with Gasteiger partial charge < -0.3 is 21.0 Å². The first-order chi connectivity index (χ1) is 16.3. The Balaban J connectivity index is 1.50. The molecule has 0 unspecified atom stereocenters. The predicted molar refractivity (Wildman–Crippen MR) is 128 cm³/mol. The Morgan fingerprint density at radius 1 is 1.47 bits per heavy atom. The van der Waals surface area contributed by atoms with Crippen molar-refractivity contribution in [1.29, 1.82) is 0 Å². The predicted octanol–water partition coefficient (Wildman–Crippen LogP) is 0.431. The average Bonchev–Trinajstić information content (AvgIpc) is 3.25. The van der Waals surface area contributed by atoms with E-state index in [1.807, 2.05) is 36.0 Å². The molecule has 2 aliphatic heterocycles. The number of rotatable bonds is 8. The summed E-state index contributed by atoms with van der Waals surface area (Å²) in [5, 5.41) is 18.5. The minimum Gasteiger partial charge on any atom is -0.477 e. The lowest BCUT2D eigenvalue weighted by molar-refractivity contribution is -0.708. The molecule has 0 spiro atoms. The second kappa shape index (κ2) is 10.0. The molecule has 0 aliphatic carbocycles. The van der Waals surface area contributed by atoms with E-state index in [-0.39, 0.29) is 22.2 Å². The van der Waals surface area contributed by atoms with E-state index < -0.39 is 29.2 Å². The smallest absolute Gasteiger partial charge is 0.352 e. The Morgan fingerprint density at radius 2 is 2.26 bits per heavy atom. The van der Waals surface area contributed by atoms with E-state index in [4.69, 9.17) is 10.6 Å². The summed E-state index contributed by atoms with van der Waals surface area (Å²) < 4.78 is 1.94. The molecule has 0 bridgehead atoms. The van der Waals surface area contributed by atoms with Gasteiger partial charge in [0.2, 0.25) is 5.03 Å². The molecule has 4 rings (SSSR count). The van der Waals surface area contributed by atoms with E-state index >= 15 is 0 Å². The summed E-state index contributed by atoms with van der Waals surface area (Å²) in [6, 6.07) is 4.87. The maximum atomic E-state index is 12.9. The number of aliphatic carboxylic acids is 1. The fourth-order valence-corrected chi connectivity index (χ4v) is 6.54. The Bertz CT molecular complexity index is 1210. The van der Waals surface area contributed by atoms with Gasteiger partial charge in [-0.25, -0.2) is 9.78 Å². The van der Waals surface area contributed by atoms with Crippen LogP contribution in [-0.4, -0.2) is 68.5 Å². The van der Waals surface area contributed by atoms with Crippen molar-refractivity contribution >= 4 is 63.5 Å². The van der Waals surface area contributed by atoms with Crippen molar-refractivity contribution in [1.82, 2.24) is 15.2 Å². The van der Waals surface area contributed by atoms with Gasteiger partial charge in [0.15, 0.2) is 17.0 Å². The zero-order chi connectivity index (χ0) is 24.4. The highest BCUT2D eigenvalue weighted by Crippen LogP contribution is 2.41. The van der Waals surface area contributed by atoms with Crippen LogP contribution >= 0.6 is 34.9 Å². The van der Waals surface area contributed by atoms with Crippen molar-refractivity contribution in [2.24, 2.45) is 12.2 Å². The van der Waals surface area contributed by atoms with Crippen molar-refractivity contribution < 1.29 is 28.9 Å². The molecule has 2 atom stereocenters. The summed E-state index contributed by atoms with van der Waals surface area (Å²) in [6.45, 7) is 0. The van der Waals surface area contributed by atoms with E-state index in [1.54, 1.807) is 5.38 Å². The summed E-state index contributed by atoms with van der Waals surface area (Å²) in [5.41, 5.74) is 6.37. The van der Waals surface area contributed by atoms with Crippen LogP contribution < -0.4 is 15.6 Å². The molecule has 178 valence electrons. The van der Waals surface area contributed by atoms with E-state index in [0.29, 0.717) is 17.1 Å². The molecule has 2 aromatic heterocycles. The van der Waals surface area contributed by atoms with E-state index in [0.717, 1.165) is 16.4 Å². The first kappa shape index (κ1) is 24.0. The standard InChI is InChI=1S/C20H20N6O5S3/c1-25-6-4-3-5-12(25)32-7-10-8-33-18-14(17(28)26(18)15(10)19(29)30)23-16(27)13(24-31-2)11-9-34-20(21)22-11/h3-6,9,14,18H,7-8H2,1-2H3,(H3-,21,22,23,27,29,30)/p+1/b24-13-/t14-,18-/m1/s1. The lowest BCUT2D eigenvalue weighted by atomic mass is 10.0. The monoisotopic (exact) mass is 521 g/mol. The third-order valence-corrected chi connectivity index (χ3v) is 8.33. The molecule has 2 aliphatic rings. The molecular formula is C20H21N6O5S3+. The highest BCUT2D eigenvalue weighted by Gasteiger charge is 2.54. The summed E-state index contributed by atoms with van der Waals surface area (Å²) in [4.78, 5) is 47.9. The first-order valence-electron chi connectivity index (χ1n) is 9.92. The molecule has 4 heterocycles. The van der Waals surface area contributed by atoms with Crippen molar-refractivity contribution in [3.63, 3.8) is 0 Å². The number of aromatic nitrogens is 2. The molecule has 2 amide bonds. The van der Waals surface area contributed by atoms with Crippen LogP contribution in [0.15, 0.2) is 51.2 Å². The molecule has 34 heavy (non-hydrogen) atoms. The van der Waals surface area contributed by atoms with Gasteiger partial charge in [-0.05, 0) is 11.6 Å². The van der Waals surface area contributed by atoms with Crippen LogP contribution in [-0.2, 0) is 26.3 Å². The number of aryl methyl sites for hydroxylation is 1. The third-order valence-electron chi connectivity index (χ3n) is 5.10. The number of thiazole rings is 1. The molecule has 1 fully saturated rings. The maximum absolute atomic E-state index is 12.9. The van der Waals surface area contributed by atoms with Crippen LogP contribution in [0.4, 0.5) is 5.13 Å². The molecule has 0 aromatic carbocycles. The number of nitrogens with two attached hydrogens (primary N) is 1. The van der Waals surface area contributed by atoms with Crippen LogP contribution in [0.1, 0.15) is 5.69 Å². The fraction of sp³-hybridized carbons (Fsp3) is 0.300. The summed E-state index contributed by atoms with van der Waals surface area (Å²) in [6.07, 6.45) is 1.91. The fourth-order valence-electron chi connectivity index (χ4n) is 3.51. The minimum absolute atomic E-state index is 0.0246. The van der Waals surface area contributed by atoms with Crippen molar-refractivity contribution in [2.75, 3.05) is 24.3 Å². The quantitative estimate of drug-likeness (QED) is 0.148. The molecule has 0 radical (unpaired) electrons. The maximum Gasteiger partial charge on any atom is 0.352 e. The lowest BCUT2D eigenvalue weighted by Crippen LogP contribution is -2.71. The van der Waals surface area contributed by atoms with Crippen LogP contribution in [0.2, 0.25) is 0 Å². The number of nitrogens with one attached hydrogen (secondary N) is 1. The normalized spacial score (nSPS) is 20.0. The number of amides is 2. The van der Waals surface area contributed by atoms with Crippen LogP contribution in [0.3, 0.4) is 0 Å². The number of nitrogens with zero attached hydrogens (tertiary/aromatic N) is 4. The average molecular weight is 522 g/mol. The highest BCUT2D eigenvalue weighted by atomic mass is 32.2. The van der Waals surface area contributed by atoms with Crippen molar-refractivity contribution in [3.05, 3.63) is 46.7 Å². The number of hydrogen-bond donors (Lipinski definition) is 3. The first-order valence-corrected chi connectivity index (χ1v) is 12.8. The molecule has 0 saturated carbocycles. The van der Waals surface area contributed by atoms with Crippen LogP contribution in [0.5, 0.6) is 0 Å². The minimum atomic E-state index is -1.17. The Kier molecular flexibility index (Phi) is 7.09. The number of anilines is 1. The number of β-lactam (4-membered cyclic amide) rings is 1. The molecule has 14 heteroatoms. The second-order valence-electron chi connectivity index (χ2n) is 7.25. The summed E-state index contributed by atoms with van der Waals surface area (Å²) >= 11 is 4.04. The molecular weight excluding hydrogens is 500 g/mol. The largest absolute Gasteiger partial charge is 0.477 e. The number of thioether (sulfide) groups is 2. The van der Waals surface area contributed by atoms with Gasteiger partial charge >= 0.3 is 5.97 Å². The number of carboxylic acids is 1. The third kappa shape index (κ3) is 4.60. The van der Waals surface area contributed by atoms with Gasteiger partial charge in [-0.15, -0.1) is 23.1 Å². The van der Waals surface area contributed by atoms with Gasteiger partial charge in [-0.3, -0.25) is 14.5 Å². The van der Waals surface area contributed by atoms with Crippen molar-refractivity contribution in [3.8, 4) is 0 Å². The SMILES string of the molecule is CO/N=C(\C(=O)N[C@@H]1C(=O)N2C(C(=O)O)=C(CSc3cccc[n+]3C)CS[C@H]12)c1csc(N)n1. The van der Waals surface area contributed by atoms with Crippen LogP contribution in [0.25, 0.3) is 0 Å².